The molecule has 0 aromatic carbocycles. The van der Waals surface area contributed by atoms with Crippen LogP contribution in [0, 0.1) is 5.92 Å². The highest BCUT2D eigenvalue weighted by Gasteiger charge is 2.37. The van der Waals surface area contributed by atoms with Gasteiger partial charge < -0.3 is 10.2 Å². The second-order valence-corrected chi connectivity index (χ2v) is 7.98. The van der Waals surface area contributed by atoms with E-state index in [-0.39, 0.29) is 43.4 Å². The van der Waals surface area contributed by atoms with Crippen LogP contribution in [0.2, 0.25) is 0 Å². The second kappa shape index (κ2) is 8.93. The van der Waals surface area contributed by atoms with Crippen LogP contribution in [0.4, 0.5) is 22.0 Å². The highest BCUT2D eigenvalue weighted by Crippen LogP contribution is 2.36. The van der Waals surface area contributed by atoms with E-state index in [1.165, 1.54) is 6.07 Å². The number of pyridine rings is 1. The summed E-state index contributed by atoms with van der Waals surface area (Å²) in [6.45, 7) is 2.51. The molecule has 0 bridgehead atoms. The van der Waals surface area contributed by atoms with Crippen molar-refractivity contribution < 1.29 is 26.7 Å². The maximum atomic E-state index is 13.2. The molecule has 4 nitrogen and oxygen atoms in total. The molecule has 1 saturated heterocycles. The number of aromatic nitrogens is 1. The van der Waals surface area contributed by atoms with Crippen LogP contribution in [0.3, 0.4) is 0 Å². The third kappa shape index (κ3) is 6.10. The molecule has 29 heavy (non-hydrogen) atoms. The molecule has 0 unspecified atom stereocenters. The molecule has 1 aromatic rings. The van der Waals surface area contributed by atoms with Crippen LogP contribution in [0.15, 0.2) is 18.2 Å². The molecular weight excluding hydrogens is 393 g/mol. The summed E-state index contributed by atoms with van der Waals surface area (Å²) in [5.41, 5.74) is -0.387. The predicted molar refractivity (Wildman–Crippen MR) is 97.6 cm³/mol. The van der Waals surface area contributed by atoms with Gasteiger partial charge in [0.05, 0.1) is 0 Å². The Bertz CT molecular complexity index is 692. The first-order valence-electron chi connectivity index (χ1n) is 10.1. The van der Waals surface area contributed by atoms with E-state index in [2.05, 4.69) is 15.2 Å². The molecule has 3 rings (SSSR count). The van der Waals surface area contributed by atoms with Crippen molar-refractivity contribution >= 4 is 5.91 Å². The first kappa shape index (κ1) is 21.9. The molecule has 0 atom stereocenters. The fraction of sp³-hybridized carbons (Fsp3) is 0.700. The van der Waals surface area contributed by atoms with Gasteiger partial charge in [0.2, 0.25) is 11.8 Å². The van der Waals surface area contributed by atoms with Gasteiger partial charge in [0.1, 0.15) is 5.69 Å². The maximum Gasteiger partial charge on any atom is 0.433 e. The van der Waals surface area contributed by atoms with Crippen molar-refractivity contribution in [1.82, 2.24) is 15.2 Å². The zero-order valence-electron chi connectivity index (χ0n) is 16.2. The minimum Gasteiger partial charge on any atom is -0.355 e. The molecule has 0 spiro atoms. The molecule has 1 aliphatic heterocycles. The number of hydrogen-bond acceptors (Lipinski definition) is 3. The summed E-state index contributed by atoms with van der Waals surface area (Å²) in [4.78, 5) is 18.1. The smallest absolute Gasteiger partial charge is 0.355 e. The lowest BCUT2D eigenvalue weighted by atomic mass is 9.86. The van der Waals surface area contributed by atoms with E-state index in [4.69, 9.17) is 0 Å². The van der Waals surface area contributed by atoms with Crippen LogP contribution in [0.25, 0.3) is 0 Å². The lowest BCUT2D eigenvalue weighted by Gasteiger charge is -2.32. The molecule has 1 aliphatic carbocycles. The van der Waals surface area contributed by atoms with E-state index in [0.29, 0.717) is 44.7 Å². The molecule has 2 heterocycles. The standard InChI is InChI=1S/C20H26F5N3O/c21-19(22)8-4-15(5-9-19)18(29)26-10-13-28-11-6-14(7-12-28)16-2-1-3-17(27-16)20(23,24)25/h1-3,14-15H,4-13H2,(H,26,29). The molecule has 162 valence electrons. The van der Waals surface area contributed by atoms with Crippen molar-refractivity contribution in [2.75, 3.05) is 26.2 Å². The Morgan fingerprint density at radius 2 is 1.79 bits per heavy atom. The Hall–Kier alpha value is -1.77. The van der Waals surface area contributed by atoms with Crippen LogP contribution < -0.4 is 5.32 Å². The summed E-state index contributed by atoms with van der Waals surface area (Å²) < 4.78 is 64.8. The first-order chi connectivity index (χ1) is 13.6. The topological polar surface area (TPSA) is 45.2 Å². The zero-order chi connectivity index (χ0) is 21.1. The number of nitrogens with zero attached hydrogens (tertiary/aromatic N) is 2. The quantitative estimate of drug-likeness (QED) is 0.727. The Kier molecular flexibility index (Phi) is 6.76. The summed E-state index contributed by atoms with van der Waals surface area (Å²) in [6.07, 6.45) is -3.06. The van der Waals surface area contributed by atoms with Gasteiger partial charge in [-0.25, -0.2) is 13.8 Å². The molecule has 9 heteroatoms. The number of amides is 1. The van der Waals surface area contributed by atoms with Crippen molar-refractivity contribution in [3.63, 3.8) is 0 Å². The van der Waals surface area contributed by atoms with E-state index in [1.54, 1.807) is 6.07 Å². The van der Waals surface area contributed by atoms with Gasteiger partial charge in [-0.05, 0) is 50.9 Å². The van der Waals surface area contributed by atoms with E-state index in [0.717, 1.165) is 6.07 Å². The molecule has 2 aliphatic rings. The van der Waals surface area contributed by atoms with Crippen molar-refractivity contribution in [1.29, 1.82) is 0 Å². The highest BCUT2D eigenvalue weighted by atomic mass is 19.4. The Morgan fingerprint density at radius 3 is 2.41 bits per heavy atom. The van der Waals surface area contributed by atoms with Gasteiger partial charge in [-0.1, -0.05) is 6.07 Å². The lowest BCUT2D eigenvalue weighted by molar-refractivity contribution is -0.141. The fourth-order valence-corrected chi connectivity index (χ4v) is 4.07. The minimum atomic E-state index is -4.44. The van der Waals surface area contributed by atoms with E-state index < -0.39 is 17.8 Å². The number of carbonyl (C=O) groups excluding carboxylic acids is 1. The third-order valence-electron chi connectivity index (χ3n) is 5.88. The number of likely N-dealkylation sites (tertiary alicyclic amines) is 1. The Balaban J connectivity index is 1.39. The van der Waals surface area contributed by atoms with Gasteiger partial charge in [-0.3, -0.25) is 4.79 Å². The minimum absolute atomic E-state index is 0.00736. The number of carbonyl (C=O) groups is 1. The van der Waals surface area contributed by atoms with Crippen molar-refractivity contribution in [3.8, 4) is 0 Å². The number of alkyl halides is 5. The predicted octanol–water partition coefficient (Wildman–Crippen LogP) is 4.22. The van der Waals surface area contributed by atoms with Gasteiger partial charge in [0.25, 0.3) is 0 Å². The summed E-state index contributed by atoms with van der Waals surface area (Å²) in [6, 6.07) is 4.02. The Labute approximate surface area is 166 Å². The molecule has 1 saturated carbocycles. The largest absolute Gasteiger partial charge is 0.433 e. The molecule has 1 aromatic heterocycles. The monoisotopic (exact) mass is 419 g/mol. The van der Waals surface area contributed by atoms with Gasteiger partial charge in [-0.2, -0.15) is 13.2 Å². The van der Waals surface area contributed by atoms with Gasteiger partial charge in [-0.15, -0.1) is 0 Å². The highest BCUT2D eigenvalue weighted by molar-refractivity contribution is 5.78. The van der Waals surface area contributed by atoms with Crippen LogP contribution in [-0.2, 0) is 11.0 Å². The maximum absolute atomic E-state index is 13.2. The third-order valence-corrected chi connectivity index (χ3v) is 5.88. The number of nitrogens with one attached hydrogen (secondary N) is 1. The molecular formula is C20H26F5N3O. The lowest BCUT2D eigenvalue weighted by Crippen LogP contribution is -2.42. The molecule has 0 radical (unpaired) electrons. The van der Waals surface area contributed by atoms with Crippen molar-refractivity contribution in [3.05, 3.63) is 29.6 Å². The summed E-state index contributed by atoms with van der Waals surface area (Å²) in [7, 11) is 0. The SMILES string of the molecule is O=C(NCCN1CCC(c2cccc(C(F)(F)F)n2)CC1)C1CCC(F)(F)CC1. The van der Waals surface area contributed by atoms with Gasteiger partial charge in [0, 0.05) is 43.5 Å². The molecule has 1 N–H and O–H groups in total. The van der Waals surface area contributed by atoms with E-state index in [1.807, 2.05) is 0 Å². The summed E-state index contributed by atoms with van der Waals surface area (Å²) >= 11 is 0. The number of halogens is 5. The Morgan fingerprint density at radius 1 is 1.14 bits per heavy atom. The van der Waals surface area contributed by atoms with Crippen LogP contribution >= 0.6 is 0 Å². The van der Waals surface area contributed by atoms with Crippen molar-refractivity contribution in [2.45, 2.75) is 56.5 Å². The van der Waals surface area contributed by atoms with E-state index >= 15 is 0 Å². The summed E-state index contributed by atoms with van der Waals surface area (Å²) in [5.74, 6) is -3.15. The zero-order valence-corrected chi connectivity index (χ0v) is 16.2. The van der Waals surface area contributed by atoms with Gasteiger partial charge in [0.15, 0.2) is 0 Å². The number of rotatable bonds is 5. The fourth-order valence-electron chi connectivity index (χ4n) is 4.07. The average molecular weight is 419 g/mol. The summed E-state index contributed by atoms with van der Waals surface area (Å²) in [5, 5.41) is 2.83. The molecule has 2 fully saturated rings. The normalized spacial score (nSPS) is 21.8. The van der Waals surface area contributed by atoms with Gasteiger partial charge >= 0.3 is 6.18 Å². The molecule has 1 amide bonds. The number of hydrogen-bond donors (Lipinski definition) is 1. The van der Waals surface area contributed by atoms with Crippen LogP contribution in [0.1, 0.15) is 55.8 Å². The first-order valence-corrected chi connectivity index (χ1v) is 10.1. The van der Waals surface area contributed by atoms with E-state index in [9.17, 15) is 26.7 Å². The number of piperidine rings is 1. The average Bonchev–Trinajstić information content (AvgIpc) is 2.68. The van der Waals surface area contributed by atoms with Crippen LogP contribution in [0.5, 0.6) is 0 Å². The van der Waals surface area contributed by atoms with Crippen LogP contribution in [-0.4, -0.2) is 47.9 Å². The second-order valence-electron chi connectivity index (χ2n) is 7.98. The van der Waals surface area contributed by atoms with Crippen molar-refractivity contribution in [2.24, 2.45) is 5.92 Å².